The van der Waals surface area contributed by atoms with Crippen LogP contribution in [0, 0.1) is 6.92 Å². The fraction of sp³-hybridized carbons (Fsp3) is 0.562. The first kappa shape index (κ1) is 14.9. The summed E-state index contributed by atoms with van der Waals surface area (Å²) in [5.74, 6) is 0.256. The van der Waals surface area contributed by atoms with Gasteiger partial charge in [0.1, 0.15) is 0 Å². The van der Waals surface area contributed by atoms with Gasteiger partial charge in [-0.3, -0.25) is 4.79 Å². The fourth-order valence-corrected chi connectivity index (χ4v) is 2.67. The van der Waals surface area contributed by atoms with Crippen LogP contribution in [0.1, 0.15) is 24.8 Å². The van der Waals surface area contributed by atoms with Crippen molar-refractivity contribution in [3.05, 3.63) is 29.8 Å². The quantitative estimate of drug-likeness (QED) is 0.864. The van der Waals surface area contributed by atoms with Gasteiger partial charge in [0.15, 0.2) is 0 Å². The van der Waals surface area contributed by atoms with Gasteiger partial charge in [-0.05, 0) is 38.4 Å². The van der Waals surface area contributed by atoms with Crippen molar-refractivity contribution < 1.29 is 4.79 Å². The second kappa shape index (κ2) is 7.29. The molecule has 1 aliphatic rings. The van der Waals surface area contributed by atoms with E-state index in [1.165, 1.54) is 12.0 Å². The maximum atomic E-state index is 12.2. The van der Waals surface area contributed by atoms with E-state index < -0.39 is 0 Å². The Morgan fingerprint density at radius 3 is 2.95 bits per heavy atom. The molecule has 0 aliphatic carbocycles. The predicted octanol–water partition coefficient (Wildman–Crippen LogP) is 2.01. The minimum Gasteiger partial charge on any atom is -0.384 e. The molecule has 1 fully saturated rings. The Morgan fingerprint density at radius 2 is 2.20 bits per heavy atom. The predicted molar refractivity (Wildman–Crippen MR) is 82.9 cm³/mol. The van der Waals surface area contributed by atoms with E-state index in [2.05, 4.69) is 29.7 Å². The lowest BCUT2D eigenvalue weighted by Gasteiger charge is -2.32. The van der Waals surface area contributed by atoms with Gasteiger partial charge in [0.05, 0.1) is 0 Å². The molecule has 4 nitrogen and oxygen atoms in total. The Kier molecular flexibility index (Phi) is 5.41. The van der Waals surface area contributed by atoms with E-state index in [9.17, 15) is 4.79 Å². The monoisotopic (exact) mass is 275 g/mol. The minimum absolute atomic E-state index is 0.256. The molecule has 0 bridgehead atoms. The number of likely N-dealkylation sites (N-methyl/N-ethyl adjacent to an activating group) is 1. The van der Waals surface area contributed by atoms with Gasteiger partial charge in [0, 0.05) is 37.8 Å². The summed E-state index contributed by atoms with van der Waals surface area (Å²) in [7, 11) is 1.97. The number of aryl methyl sites for hydroxylation is 1. The van der Waals surface area contributed by atoms with Gasteiger partial charge in [0.2, 0.25) is 5.91 Å². The number of anilines is 1. The third-order valence-corrected chi connectivity index (χ3v) is 3.98. The number of amides is 1. The molecule has 1 saturated heterocycles. The van der Waals surface area contributed by atoms with Gasteiger partial charge in [0.25, 0.3) is 0 Å². The molecular formula is C16H25N3O. The van der Waals surface area contributed by atoms with Crippen molar-refractivity contribution in [1.82, 2.24) is 10.2 Å². The molecule has 1 unspecified atom stereocenters. The van der Waals surface area contributed by atoms with Gasteiger partial charge in [-0.2, -0.15) is 0 Å². The van der Waals surface area contributed by atoms with Crippen LogP contribution in [0.4, 0.5) is 5.69 Å². The molecular weight excluding hydrogens is 250 g/mol. The Hall–Kier alpha value is -1.55. The van der Waals surface area contributed by atoms with Crippen LogP contribution in [0.3, 0.4) is 0 Å². The van der Waals surface area contributed by atoms with E-state index in [0.717, 1.165) is 25.2 Å². The fourth-order valence-electron chi connectivity index (χ4n) is 2.67. The first-order valence-corrected chi connectivity index (χ1v) is 7.45. The summed E-state index contributed by atoms with van der Waals surface area (Å²) in [5, 5.41) is 6.61. The smallest absolute Gasteiger partial charge is 0.224 e. The zero-order chi connectivity index (χ0) is 14.4. The van der Waals surface area contributed by atoms with Crippen LogP contribution in [0.15, 0.2) is 24.3 Å². The third kappa shape index (κ3) is 3.97. The molecule has 1 heterocycles. The van der Waals surface area contributed by atoms with E-state index in [-0.39, 0.29) is 5.91 Å². The molecule has 2 N–H and O–H groups in total. The van der Waals surface area contributed by atoms with Crippen LogP contribution in [0.5, 0.6) is 0 Å². The Balaban J connectivity index is 1.76. The van der Waals surface area contributed by atoms with Crippen molar-refractivity contribution >= 4 is 11.6 Å². The van der Waals surface area contributed by atoms with Gasteiger partial charge >= 0.3 is 0 Å². The van der Waals surface area contributed by atoms with Gasteiger partial charge in [-0.15, -0.1) is 0 Å². The topological polar surface area (TPSA) is 44.4 Å². The highest BCUT2D eigenvalue weighted by molar-refractivity contribution is 5.77. The zero-order valence-electron chi connectivity index (χ0n) is 12.5. The largest absolute Gasteiger partial charge is 0.384 e. The standard InChI is InChI=1S/C16H25N3O/c1-13-6-3-4-8-15(13)18-10-9-16(20)19-11-5-7-14(12-19)17-2/h3-4,6,8,14,17-18H,5,7,9-12H2,1-2H3. The summed E-state index contributed by atoms with van der Waals surface area (Å²) in [6, 6.07) is 8.62. The summed E-state index contributed by atoms with van der Waals surface area (Å²) in [4.78, 5) is 14.2. The number of nitrogens with one attached hydrogen (secondary N) is 2. The molecule has 1 amide bonds. The number of hydrogen-bond acceptors (Lipinski definition) is 3. The molecule has 0 saturated carbocycles. The number of hydrogen-bond donors (Lipinski definition) is 2. The van der Waals surface area contributed by atoms with Crippen LogP contribution in [-0.2, 0) is 4.79 Å². The van der Waals surface area contributed by atoms with E-state index in [1.807, 2.05) is 24.1 Å². The van der Waals surface area contributed by atoms with Crippen molar-refractivity contribution in [3.8, 4) is 0 Å². The molecule has 0 spiro atoms. The lowest BCUT2D eigenvalue weighted by molar-refractivity contribution is -0.132. The van der Waals surface area contributed by atoms with Crippen molar-refractivity contribution in [2.75, 3.05) is 32.0 Å². The first-order chi connectivity index (χ1) is 9.70. The van der Waals surface area contributed by atoms with Crippen LogP contribution in [0.25, 0.3) is 0 Å². The van der Waals surface area contributed by atoms with Crippen LogP contribution < -0.4 is 10.6 Å². The lowest BCUT2D eigenvalue weighted by atomic mass is 10.1. The molecule has 4 heteroatoms. The van der Waals surface area contributed by atoms with Crippen molar-refractivity contribution in [2.24, 2.45) is 0 Å². The molecule has 1 aromatic rings. The van der Waals surface area contributed by atoms with E-state index in [1.54, 1.807) is 0 Å². The highest BCUT2D eigenvalue weighted by Crippen LogP contribution is 2.14. The highest BCUT2D eigenvalue weighted by atomic mass is 16.2. The Bertz CT molecular complexity index is 447. The van der Waals surface area contributed by atoms with Crippen molar-refractivity contribution in [2.45, 2.75) is 32.2 Å². The van der Waals surface area contributed by atoms with Crippen LogP contribution in [-0.4, -0.2) is 43.5 Å². The molecule has 2 rings (SSSR count). The van der Waals surface area contributed by atoms with Crippen LogP contribution in [0.2, 0.25) is 0 Å². The van der Waals surface area contributed by atoms with Crippen LogP contribution >= 0.6 is 0 Å². The lowest BCUT2D eigenvalue weighted by Crippen LogP contribution is -2.47. The first-order valence-electron chi connectivity index (χ1n) is 7.45. The number of rotatable bonds is 5. The minimum atomic E-state index is 0.256. The SMILES string of the molecule is CNC1CCCN(C(=O)CCNc2ccccc2C)C1. The van der Waals surface area contributed by atoms with Gasteiger partial charge < -0.3 is 15.5 Å². The molecule has 1 aliphatic heterocycles. The number of likely N-dealkylation sites (tertiary alicyclic amines) is 1. The number of nitrogens with zero attached hydrogens (tertiary/aromatic N) is 1. The summed E-state index contributed by atoms with van der Waals surface area (Å²) in [6.07, 6.45) is 2.83. The Labute approximate surface area is 121 Å². The van der Waals surface area contributed by atoms with Crippen molar-refractivity contribution in [3.63, 3.8) is 0 Å². The second-order valence-corrected chi connectivity index (χ2v) is 5.46. The molecule has 20 heavy (non-hydrogen) atoms. The maximum Gasteiger partial charge on any atom is 0.224 e. The number of para-hydroxylation sites is 1. The number of piperidine rings is 1. The van der Waals surface area contributed by atoms with Crippen molar-refractivity contribution in [1.29, 1.82) is 0 Å². The summed E-state index contributed by atoms with van der Waals surface area (Å²) < 4.78 is 0. The average molecular weight is 275 g/mol. The number of carbonyl (C=O) groups excluding carboxylic acids is 1. The number of carbonyl (C=O) groups is 1. The van der Waals surface area contributed by atoms with Gasteiger partial charge in [-0.25, -0.2) is 0 Å². The second-order valence-electron chi connectivity index (χ2n) is 5.46. The molecule has 110 valence electrons. The molecule has 0 radical (unpaired) electrons. The highest BCUT2D eigenvalue weighted by Gasteiger charge is 2.21. The van der Waals surface area contributed by atoms with Gasteiger partial charge in [-0.1, -0.05) is 18.2 Å². The average Bonchev–Trinajstić information content (AvgIpc) is 2.49. The summed E-state index contributed by atoms with van der Waals surface area (Å²) in [6.45, 7) is 4.53. The molecule has 1 atom stereocenters. The van der Waals surface area contributed by atoms with E-state index >= 15 is 0 Å². The summed E-state index contributed by atoms with van der Waals surface area (Å²) in [5.41, 5.74) is 2.33. The normalized spacial score (nSPS) is 18.9. The Morgan fingerprint density at radius 1 is 1.40 bits per heavy atom. The van der Waals surface area contributed by atoms with E-state index in [4.69, 9.17) is 0 Å². The van der Waals surface area contributed by atoms with E-state index in [0.29, 0.717) is 19.0 Å². The molecule has 0 aromatic heterocycles. The maximum absolute atomic E-state index is 12.2. The summed E-state index contributed by atoms with van der Waals surface area (Å²) >= 11 is 0. The zero-order valence-corrected chi connectivity index (χ0v) is 12.5. The molecule has 1 aromatic carbocycles. The third-order valence-electron chi connectivity index (χ3n) is 3.98. The number of benzene rings is 1.